The molecule has 0 aliphatic rings. The number of hydrogen-bond acceptors (Lipinski definition) is 2. The molecule has 0 spiro atoms. The van der Waals surface area contributed by atoms with E-state index >= 15 is 0 Å². The van der Waals surface area contributed by atoms with Gasteiger partial charge in [-0.05, 0) is 36.1 Å². The van der Waals surface area contributed by atoms with Crippen LogP contribution in [-0.2, 0) is 0 Å². The van der Waals surface area contributed by atoms with E-state index in [4.69, 9.17) is 5.73 Å². The maximum atomic E-state index is 12.9. The van der Waals surface area contributed by atoms with Crippen LogP contribution in [0.1, 0.15) is 43.1 Å². The number of nitrogens with two attached hydrogens (primary N) is 1. The van der Waals surface area contributed by atoms with Crippen molar-refractivity contribution in [1.82, 2.24) is 0 Å². The van der Waals surface area contributed by atoms with Gasteiger partial charge in [0.1, 0.15) is 5.82 Å². The lowest BCUT2D eigenvalue weighted by molar-refractivity contribution is 0.0952. The van der Waals surface area contributed by atoms with Gasteiger partial charge in [0, 0.05) is 18.0 Å². The molecule has 2 N–H and O–H groups in total. The van der Waals surface area contributed by atoms with Crippen LogP contribution in [0.15, 0.2) is 18.2 Å². The molecule has 0 aliphatic carbocycles. The van der Waals surface area contributed by atoms with Gasteiger partial charge in [-0.3, -0.25) is 4.79 Å². The quantitative estimate of drug-likeness (QED) is 0.821. The van der Waals surface area contributed by atoms with Gasteiger partial charge in [0.2, 0.25) is 0 Å². The molecule has 1 unspecified atom stereocenters. The molecule has 0 fully saturated rings. The standard InChI is InChI=1S/C14H20FNO/c1-9-7-10(15)5-6-11(9)12(17)8-13(16)14(2,3)4/h5-7,13H,8,16H2,1-4H3. The van der Waals surface area contributed by atoms with Crippen LogP contribution in [0.25, 0.3) is 0 Å². The van der Waals surface area contributed by atoms with Crippen LogP contribution in [-0.4, -0.2) is 11.8 Å². The van der Waals surface area contributed by atoms with E-state index in [0.29, 0.717) is 11.1 Å². The van der Waals surface area contributed by atoms with Crippen LogP contribution in [0.3, 0.4) is 0 Å². The predicted octanol–water partition coefficient (Wildman–Crippen LogP) is 3.08. The topological polar surface area (TPSA) is 43.1 Å². The van der Waals surface area contributed by atoms with E-state index in [2.05, 4.69) is 0 Å². The zero-order chi connectivity index (χ0) is 13.2. The molecule has 1 aromatic carbocycles. The van der Waals surface area contributed by atoms with E-state index in [9.17, 15) is 9.18 Å². The van der Waals surface area contributed by atoms with Crippen molar-refractivity contribution in [2.24, 2.45) is 11.1 Å². The number of ketones is 1. The van der Waals surface area contributed by atoms with Gasteiger partial charge in [-0.15, -0.1) is 0 Å². The van der Waals surface area contributed by atoms with Gasteiger partial charge >= 0.3 is 0 Å². The average Bonchev–Trinajstić information content (AvgIpc) is 2.15. The molecule has 0 aliphatic heterocycles. The highest BCUT2D eigenvalue weighted by Gasteiger charge is 2.24. The Morgan fingerprint density at radius 1 is 1.41 bits per heavy atom. The highest BCUT2D eigenvalue weighted by atomic mass is 19.1. The van der Waals surface area contributed by atoms with Crippen LogP contribution in [0.4, 0.5) is 4.39 Å². The SMILES string of the molecule is Cc1cc(F)ccc1C(=O)CC(N)C(C)(C)C. The number of hydrogen-bond donors (Lipinski definition) is 1. The van der Waals surface area contributed by atoms with Crippen molar-refractivity contribution >= 4 is 5.78 Å². The second kappa shape index (κ2) is 4.96. The second-order valence-electron chi connectivity index (χ2n) is 5.56. The van der Waals surface area contributed by atoms with Crippen molar-refractivity contribution in [2.75, 3.05) is 0 Å². The molecule has 0 amide bonds. The summed E-state index contributed by atoms with van der Waals surface area (Å²) in [7, 11) is 0. The molecule has 0 radical (unpaired) electrons. The van der Waals surface area contributed by atoms with Crippen LogP contribution < -0.4 is 5.73 Å². The van der Waals surface area contributed by atoms with Crippen molar-refractivity contribution in [3.8, 4) is 0 Å². The van der Waals surface area contributed by atoms with Gasteiger partial charge < -0.3 is 5.73 Å². The number of halogens is 1. The molecule has 3 heteroatoms. The van der Waals surface area contributed by atoms with Gasteiger partial charge in [0.05, 0.1) is 0 Å². The smallest absolute Gasteiger partial charge is 0.164 e. The first-order valence-electron chi connectivity index (χ1n) is 5.76. The third-order valence-electron chi connectivity index (χ3n) is 3.01. The van der Waals surface area contributed by atoms with E-state index in [1.54, 1.807) is 6.92 Å². The van der Waals surface area contributed by atoms with E-state index in [1.807, 2.05) is 20.8 Å². The van der Waals surface area contributed by atoms with Crippen LogP contribution >= 0.6 is 0 Å². The first kappa shape index (κ1) is 13.8. The normalized spacial score (nSPS) is 13.5. The summed E-state index contributed by atoms with van der Waals surface area (Å²) >= 11 is 0. The summed E-state index contributed by atoms with van der Waals surface area (Å²) in [5.41, 5.74) is 7.09. The first-order chi connectivity index (χ1) is 7.71. The predicted molar refractivity (Wildman–Crippen MR) is 67.5 cm³/mol. The third kappa shape index (κ3) is 3.63. The second-order valence-corrected chi connectivity index (χ2v) is 5.56. The summed E-state index contributed by atoms with van der Waals surface area (Å²) in [5, 5.41) is 0. The molecule has 1 rings (SSSR count). The van der Waals surface area contributed by atoms with E-state index in [1.165, 1.54) is 18.2 Å². The lowest BCUT2D eigenvalue weighted by Gasteiger charge is -2.26. The monoisotopic (exact) mass is 237 g/mol. The average molecular weight is 237 g/mol. The van der Waals surface area contributed by atoms with Crippen LogP contribution in [0.2, 0.25) is 0 Å². The third-order valence-corrected chi connectivity index (χ3v) is 3.01. The summed E-state index contributed by atoms with van der Waals surface area (Å²) in [6.07, 6.45) is 0.288. The number of benzene rings is 1. The Bertz CT molecular complexity index is 421. The van der Waals surface area contributed by atoms with Gasteiger partial charge in [0.15, 0.2) is 5.78 Å². The van der Waals surface area contributed by atoms with E-state index in [0.717, 1.165) is 0 Å². The van der Waals surface area contributed by atoms with Crippen molar-refractivity contribution in [2.45, 2.75) is 40.2 Å². The van der Waals surface area contributed by atoms with Crippen molar-refractivity contribution < 1.29 is 9.18 Å². The zero-order valence-corrected chi connectivity index (χ0v) is 10.9. The minimum Gasteiger partial charge on any atom is -0.327 e. The Morgan fingerprint density at radius 2 is 2.00 bits per heavy atom. The lowest BCUT2D eigenvalue weighted by atomic mass is 9.83. The molecule has 0 saturated carbocycles. The summed E-state index contributed by atoms with van der Waals surface area (Å²) in [4.78, 5) is 12.0. The number of Topliss-reactive ketones (excluding diaryl/α,β-unsaturated/α-hetero) is 1. The highest BCUT2D eigenvalue weighted by Crippen LogP contribution is 2.22. The largest absolute Gasteiger partial charge is 0.327 e. The van der Waals surface area contributed by atoms with Gasteiger partial charge in [-0.2, -0.15) is 0 Å². The Morgan fingerprint density at radius 3 is 2.47 bits per heavy atom. The Kier molecular flexibility index (Phi) is 4.04. The molecule has 0 bridgehead atoms. The number of aryl methyl sites for hydroxylation is 1. The fourth-order valence-electron chi connectivity index (χ4n) is 1.56. The van der Waals surface area contributed by atoms with Crippen molar-refractivity contribution in [3.05, 3.63) is 35.1 Å². The molecular formula is C14H20FNO. The van der Waals surface area contributed by atoms with Gasteiger partial charge in [0.25, 0.3) is 0 Å². The first-order valence-corrected chi connectivity index (χ1v) is 5.76. The number of carbonyl (C=O) groups is 1. The van der Waals surface area contributed by atoms with Crippen molar-refractivity contribution in [3.63, 3.8) is 0 Å². The minimum atomic E-state index is -0.320. The molecule has 94 valence electrons. The molecule has 2 nitrogen and oxygen atoms in total. The summed E-state index contributed by atoms with van der Waals surface area (Å²) in [6.45, 7) is 7.74. The molecule has 0 saturated heterocycles. The van der Waals surface area contributed by atoms with Crippen molar-refractivity contribution in [1.29, 1.82) is 0 Å². The van der Waals surface area contributed by atoms with Gasteiger partial charge in [-0.1, -0.05) is 20.8 Å². The number of carbonyl (C=O) groups excluding carboxylic acids is 1. The maximum absolute atomic E-state index is 12.9. The number of rotatable bonds is 3. The molecule has 1 aromatic rings. The van der Waals surface area contributed by atoms with Crippen LogP contribution in [0.5, 0.6) is 0 Å². The molecule has 17 heavy (non-hydrogen) atoms. The molecule has 0 heterocycles. The lowest BCUT2D eigenvalue weighted by Crippen LogP contribution is -2.37. The van der Waals surface area contributed by atoms with E-state index < -0.39 is 0 Å². The molecule has 0 aromatic heterocycles. The molecule has 1 atom stereocenters. The van der Waals surface area contributed by atoms with Crippen LogP contribution in [0, 0.1) is 18.2 Å². The maximum Gasteiger partial charge on any atom is 0.164 e. The Labute approximate surface area is 102 Å². The zero-order valence-electron chi connectivity index (χ0n) is 10.9. The van der Waals surface area contributed by atoms with E-state index in [-0.39, 0.29) is 29.5 Å². The fourth-order valence-corrected chi connectivity index (χ4v) is 1.56. The summed E-state index contributed by atoms with van der Waals surface area (Å²) in [6, 6.07) is 4.01. The Hall–Kier alpha value is -1.22. The minimum absolute atomic E-state index is 0.0232. The molecular weight excluding hydrogens is 217 g/mol. The van der Waals surface area contributed by atoms with Gasteiger partial charge in [-0.25, -0.2) is 4.39 Å². The summed E-state index contributed by atoms with van der Waals surface area (Å²) < 4.78 is 12.9. The highest BCUT2D eigenvalue weighted by molar-refractivity contribution is 5.97. The Balaban J connectivity index is 2.84. The fraction of sp³-hybridized carbons (Fsp3) is 0.500. The summed E-state index contributed by atoms with van der Waals surface area (Å²) in [5.74, 6) is -0.343.